The fraction of sp³-hybridized carbons (Fsp3) is 0.480. The number of fused-ring (bicyclic) bond motifs is 1. The van der Waals surface area contributed by atoms with E-state index in [4.69, 9.17) is 0 Å². The van der Waals surface area contributed by atoms with Crippen molar-refractivity contribution in [3.8, 4) is 0 Å². The Morgan fingerprint density at radius 3 is 2.54 bits per heavy atom. The number of nitrogens with one attached hydrogen (secondary N) is 1. The first-order chi connectivity index (χ1) is 16.6. The third-order valence-electron chi connectivity index (χ3n) is 6.80. The molecule has 1 aromatic carbocycles. The molecule has 0 bridgehead atoms. The minimum absolute atomic E-state index is 0.141. The Morgan fingerprint density at radius 2 is 1.89 bits per heavy atom. The van der Waals surface area contributed by atoms with Crippen LogP contribution in [0.2, 0.25) is 0 Å². The number of alkyl halides is 2. The van der Waals surface area contributed by atoms with Crippen molar-refractivity contribution < 1.29 is 17.2 Å². The minimum atomic E-state index is -2.99. The highest BCUT2D eigenvalue weighted by Gasteiger charge is 2.47. The van der Waals surface area contributed by atoms with E-state index in [-0.39, 0.29) is 17.6 Å². The van der Waals surface area contributed by atoms with Crippen molar-refractivity contribution in [2.24, 2.45) is 11.8 Å². The van der Waals surface area contributed by atoms with Crippen molar-refractivity contribution in [3.05, 3.63) is 48.0 Å². The van der Waals surface area contributed by atoms with Crippen LogP contribution in [0.5, 0.6) is 0 Å². The number of sulfone groups is 1. The summed E-state index contributed by atoms with van der Waals surface area (Å²) < 4.78 is 49.2. The number of pyridine rings is 1. The normalized spacial score (nSPS) is 20.5. The SMILES string of the molecule is CC(C)c1ccc(N2CC(CS(C)(=O)=O)C2)c2cnc(Nc3ccnc([C@H]4C[C@@H]4C(F)F)n3)cc12. The van der Waals surface area contributed by atoms with E-state index in [0.717, 1.165) is 16.5 Å². The summed E-state index contributed by atoms with van der Waals surface area (Å²) in [6.07, 6.45) is 2.76. The number of halogens is 2. The molecule has 1 aliphatic carbocycles. The van der Waals surface area contributed by atoms with E-state index >= 15 is 0 Å². The fourth-order valence-electron chi connectivity index (χ4n) is 4.94. The van der Waals surface area contributed by atoms with Gasteiger partial charge >= 0.3 is 0 Å². The van der Waals surface area contributed by atoms with Crippen molar-refractivity contribution in [1.82, 2.24) is 15.0 Å². The molecule has 10 heteroatoms. The number of benzene rings is 1. The second-order valence-corrected chi connectivity index (χ2v) is 12.3. The van der Waals surface area contributed by atoms with Gasteiger partial charge in [-0.1, -0.05) is 19.9 Å². The predicted octanol–water partition coefficient (Wildman–Crippen LogP) is 4.74. The van der Waals surface area contributed by atoms with Gasteiger partial charge in [0.1, 0.15) is 27.3 Å². The molecule has 0 unspecified atom stereocenters. The summed E-state index contributed by atoms with van der Waals surface area (Å²) in [6, 6.07) is 7.91. The van der Waals surface area contributed by atoms with Crippen LogP contribution in [0, 0.1) is 11.8 Å². The Hall–Kier alpha value is -2.88. The average Bonchev–Trinajstić information content (AvgIpc) is 3.56. The highest BCUT2D eigenvalue weighted by molar-refractivity contribution is 7.90. The second-order valence-electron chi connectivity index (χ2n) is 10.1. The molecule has 0 spiro atoms. The molecule has 2 fully saturated rings. The summed E-state index contributed by atoms with van der Waals surface area (Å²) in [7, 11) is -2.99. The molecule has 3 aromatic rings. The highest BCUT2D eigenvalue weighted by atomic mass is 32.2. The van der Waals surface area contributed by atoms with Gasteiger partial charge in [-0.05, 0) is 41.5 Å². The number of anilines is 3. The van der Waals surface area contributed by atoms with Gasteiger partial charge in [0.05, 0.1) is 5.75 Å². The predicted molar refractivity (Wildman–Crippen MR) is 133 cm³/mol. The van der Waals surface area contributed by atoms with Crippen molar-refractivity contribution in [2.75, 3.05) is 35.3 Å². The zero-order chi connectivity index (χ0) is 24.9. The zero-order valence-electron chi connectivity index (χ0n) is 19.9. The number of hydrogen-bond donors (Lipinski definition) is 1. The van der Waals surface area contributed by atoms with Crippen LogP contribution >= 0.6 is 0 Å². The van der Waals surface area contributed by atoms with Gasteiger partial charge in [-0.15, -0.1) is 0 Å². The molecule has 1 aliphatic heterocycles. The van der Waals surface area contributed by atoms with Gasteiger partial charge in [-0.3, -0.25) is 0 Å². The Balaban J connectivity index is 1.40. The molecule has 1 saturated carbocycles. The summed E-state index contributed by atoms with van der Waals surface area (Å²) in [5.74, 6) is 1.26. The van der Waals surface area contributed by atoms with Crippen LogP contribution < -0.4 is 10.2 Å². The Morgan fingerprint density at radius 1 is 1.11 bits per heavy atom. The van der Waals surface area contributed by atoms with Gasteiger partial charge in [-0.25, -0.2) is 32.2 Å². The van der Waals surface area contributed by atoms with Crippen molar-refractivity contribution >= 4 is 37.9 Å². The van der Waals surface area contributed by atoms with Gasteiger partial charge in [0, 0.05) is 60.6 Å². The van der Waals surface area contributed by atoms with Gasteiger partial charge in [0.2, 0.25) is 6.43 Å². The molecule has 5 rings (SSSR count). The second kappa shape index (κ2) is 8.96. The van der Waals surface area contributed by atoms with Gasteiger partial charge in [-0.2, -0.15) is 0 Å². The molecule has 2 aromatic heterocycles. The van der Waals surface area contributed by atoms with Crippen LogP contribution in [-0.2, 0) is 9.84 Å². The standard InChI is InChI=1S/C25H29F2N5O2S/c1-14(2)16-4-5-21(32-11-15(12-32)13-35(3,33)34)20-10-29-23(9-17(16)20)30-22-6-7-28-25(31-22)19-8-18(19)24(26)27/h4-7,9-10,14-15,18-19,24H,8,11-13H2,1-3H3,(H,28,29,30,31)/t18-,19-/m0/s1. The monoisotopic (exact) mass is 501 g/mol. The molecular weight excluding hydrogens is 472 g/mol. The summed E-state index contributed by atoms with van der Waals surface area (Å²) in [6.45, 7) is 5.68. The van der Waals surface area contributed by atoms with Crippen LogP contribution in [0.3, 0.4) is 0 Å². The van der Waals surface area contributed by atoms with Gasteiger partial charge in [0.15, 0.2) is 0 Å². The molecule has 0 amide bonds. The Kier molecular flexibility index (Phi) is 6.11. The number of nitrogens with zero attached hydrogens (tertiary/aromatic N) is 4. The van der Waals surface area contributed by atoms with E-state index in [9.17, 15) is 17.2 Å². The quantitative estimate of drug-likeness (QED) is 0.477. The zero-order valence-corrected chi connectivity index (χ0v) is 20.8. The summed E-state index contributed by atoms with van der Waals surface area (Å²) in [5.41, 5.74) is 2.23. The third kappa shape index (κ3) is 5.07. The molecule has 1 N–H and O–H groups in total. The Bertz CT molecular complexity index is 1360. The van der Waals surface area contributed by atoms with Gasteiger partial charge in [0.25, 0.3) is 0 Å². The largest absolute Gasteiger partial charge is 0.370 e. The highest BCUT2D eigenvalue weighted by Crippen LogP contribution is 2.49. The maximum atomic E-state index is 13.0. The molecule has 3 heterocycles. The molecule has 0 radical (unpaired) electrons. The lowest BCUT2D eigenvalue weighted by Gasteiger charge is -2.41. The summed E-state index contributed by atoms with van der Waals surface area (Å²) in [5, 5.41) is 5.29. The Labute approximate surface area is 203 Å². The molecule has 7 nitrogen and oxygen atoms in total. The first-order valence-electron chi connectivity index (χ1n) is 11.8. The average molecular weight is 502 g/mol. The topological polar surface area (TPSA) is 88.1 Å². The number of rotatable bonds is 8. The van der Waals surface area contributed by atoms with Crippen LogP contribution in [0.15, 0.2) is 36.7 Å². The maximum Gasteiger partial charge on any atom is 0.242 e. The third-order valence-corrected chi connectivity index (χ3v) is 7.87. The molecule has 35 heavy (non-hydrogen) atoms. The molecule has 2 atom stereocenters. The van der Waals surface area contributed by atoms with E-state index < -0.39 is 22.2 Å². The first kappa shape index (κ1) is 23.8. The van der Waals surface area contributed by atoms with E-state index in [2.05, 4.69) is 51.1 Å². The van der Waals surface area contributed by atoms with E-state index in [1.807, 2.05) is 12.3 Å². The van der Waals surface area contributed by atoms with Gasteiger partial charge < -0.3 is 10.2 Å². The lowest BCUT2D eigenvalue weighted by molar-refractivity contribution is 0.120. The number of hydrogen-bond acceptors (Lipinski definition) is 7. The number of aromatic nitrogens is 3. The van der Waals surface area contributed by atoms with E-state index in [1.165, 1.54) is 11.8 Å². The lowest BCUT2D eigenvalue weighted by atomic mass is 9.93. The van der Waals surface area contributed by atoms with Crippen molar-refractivity contribution in [2.45, 2.75) is 38.5 Å². The molecule has 2 aliphatic rings. The van der Waals surface area contributed by atoms with E-state index in [1.54, 1.807) is 12.3 Å². The molecule has 1 saturated heterocycles. The first-order valence-corrected chi connectivity index (χ1v) is 13.9. The maximum absolute atomic E-state index is 13.0. The van der Waals surface area contributed by atoms with Crippen LogP contribution in [-0.4, -0.2) is 54.9 Å². The molecule has 186 valence electrons. The van der Waals surface area contributed by atoms with Crippen LogP contribution in [0.4, 0.5) is 26.1 Å². The summed E-state index contributed by atoms with van der Waals surface area (Å²) in [4.78, 5) is 15.4. The summed E-state index contributed by atoms with van der Waals surface area (Å²) >= 11 is 0. The van der Waals surface area contributed by atoms with Crippen LogP contribution in [0.1, 0.15) is 43.5 Å². The van der Waals surface area contributed by atoms with Crippen molar-refractivity contribution in [1.29, 1.82) is 0 Å². The van der Waals surface area contributed by atoms with Crippen LogP contribution in [0.25, 0.3) is 10.8 Å². The fourth-order valence-corrected chi connectivity index (χ4v) is 6.00. The van der Waals surface area contributed by atoms with Crippen molar-refractivity contribution in [3.63, 3.8) is 0 Å². The smallest absolute Gasteiger partial charge is 0.242 e. The molecular formula is C25H29F2N5O2S. The minimum Gasteiger partial charge on any atom is -0.370 e. The lowest BCUT2D eigenvalue weighted by Crippen LogP contribution is -2.49. The van der Waals surface area contributed by atoms with E-state index in [0.29, 0.717) is 42.9 Å².